The van der Waals surface area contributed by atoms with Crippen LogP contribution < -0.4 is 5.56 Å². The average molecular weight is 391 g/mol. The number of aromatic nitrogens is 3. The Labute approximate surface area is 164 Å². The van der Waals surface area contributed by atoms with Crippen LogP contribution in [0.15, 0.2) is 77.7 Å². The predicted molar refractivity (Wildman–Crippen MR) is 104 cm³/mol. The van der Waals surface area contributed by atoms with Gasteiger partial charge in [-0.3, -0.25) is 9.78 Å². The lowest BCUT2D eigenvalue weighted by atomic mass is 10.1. The van der Waals surface area contributed by atoms with Gasteiger partial charge in [0.25, 0.3) is 5.56 Å². The Morgan fingerprint density at radius 2 is 1.62 bits per heavy atom. The number of nitrogens with zero attached hydrogens (tertiary/aromatic N) is 3. The largest absolute Gasteiger partial charge is 0.506 e. The van der Waals surface area contributed by atoms with E-state index in [4.69, 9.17) is 0 Å². The van der Waals surface area contributed by atoms with Crippen molar-refractivity contribution in [2.75, 3.05) is 0 Å². The molecule has 144 valence electrons. The van der Waals surface area contributed by atoms with Gasteiger partial charge in [-0.1, -0.05) is 18.2 Å². The predicted octanol–water partition coefficient (Wildman–Crippen LogP) is 4.00. The highest BCUT2D eigenvalue weighted by Crippen LogP contribution is 2.21. The van der Waals surface area contributed by atoms with Crippen LogP contribution in [0.25, 0.3) is 22.5 Å². The molecule has 7 heteroatoms. The van der Waals surface area contributed by atoms with Crippen LogP contribution >= 0.6 is 0 Å². The number of halogens is 2. The average Bonchev–Trinajstić information content (AvgIpc) is 2.70. The van der Waals surface area contributed by atoms with Crippen LogP contribution in [0.3, 0.4) is 0 Å². The van der Waals surface area contributed by atoms with Gasteiger partial charge in [0.1, 0.15) is 17.4 Å². The summed E-state index contributed by atoms with van der Waals surface area (Å²) in [4.78, 5) is 16.4. The van der Waals surface area contributed by atoms with E-state index >= 15 is 0 Å². The molecule has 0 aliphatic heterocycles. The zero-order valence-electron chi connectivity index (χ0n) is 15.1. The van der Waals surface area contributed by atoms with Crippen molar-refractivity contribution in [3.8, 4) is 28.3 Å². The van der Waals surface area contributed by atoms with Gasteiger partial charge in [-0.25, -0.2) is 13.5 Å². The minimum Gasteiger partial charge on any atom is -0.506 e. The fourth-order valence-electron chi connectivity index (χ4n) is 2.98. The molecule has 0 fully saturated rings. The van der Waals surface area contributed by atoms with E-state index in [1.54, 1.807) is 12.1 Å². The van der Waals surface area contributed by atoms with Crippen molar-refractivity contribution in [2.45, 2.75) is 6.54 Å². The summed E-state index contributed by atoms with van der Waals surface area (Å²) in [7, 11) is 0. The van der Waals surface area contributed by atoms with Crippen molar-refractivity contribution in [3.63, 3.8) is 0 Å². The first kappa shape index (κ1) is 18.5. The molecule has 0 aliphatic carbocycles. The van der Waals surface area contributed by atoms with Crippen molar-refractivity contribution >= 4 is 0 Å². The molecular formula is C22H15F2N3O2. The van der Waals surface area contributed by atoms with Gasteiger partial charge in [0.15, 0.2) is 0 Å². The molecule has 0 atom stereocenters. The Morgan fingerprint density at radius 1 is 0.862 bits per heavy atom. The summed E-state index contributed by atoms with van der Waals surface area (Å²) in [5.74, 6) is -1.35. The lowest BCUT2D eigenvalue weighted by molar-refractivity contribution is 0.473. The summed E-state index contributed by atoms with van der Waals surface area (Å²) in [5.41, 5.74) is 2.50. The van der Waals surface area contributed by atoms with Gasteiger partial charge < -0.3 is 5.11 Å². The molecule has 0 saturated carbocycles. The van der Waals surface area contributed by atoms with E-state index in [1.165, 1.54) is 23.0 Å². The Balaban J connectivity index is 1.67. The second kappa shape index (κ2) is 7.63. The minimum atomic E-state index is -0.714. The molecular weight excluding hydrogens is 376 g/mol. The van der Waals surface area contributed by atoms with Crippen LogP contribution in [-0.2, 0) is 6.54 Å². The summed E-state index contributed by atoms with van der Waals surface area (Å²) in [6, 6.07) is 16.5. The molecule has 2 aromatic heterocycles. The maximum absolute atomic E-state index is 13.5. The Hall–Kier alpha value is -3.87. The van der Waals surface area contributed by atoms with E-state index in [2.05, 4.69) is 10.1 Å². The third-order valence-corrected chi connectivity index (χ3v) is 4.33. The van der Waals surface area contributed by atoms with Crippen molar-refractivity contribution in [1.82, 2.24) is 14.8 Å². The molecule has 0 unspecified atom stereocenters. The molecule has 0 bridgehead atoms. The third-order valence-electron chi connectivity index (χ3n) is 4.33. The highest BCUT2D eigenvalue weighted by atomic mass is 19.1. The molecule has 1 N–H and O–H groups in total. The first-order chi connectivity index (χ1) is 14.0. The Kier molecular flexibility index (Phi) is 4.87. The normalized spacial score (nSPS) is 10.8. The van der Waals surface area contributed by atoms with Gasteiger partial charge in [0.2, 0.25) is 0 Å². The summed E-state index contributed by atoms with van der Waals surface area (Å²) in [5, 5.41) is 13.6. The van der Waals surface area contributed by atoms with Crippen LogP contribution in [0.1, 0.15) is 5.56 Å². The molecule has 29 heavy (non-hydrogen) atoms. The molecule has 0 radical (unpaired) electrons. The van der Waals surface area contributed by atoms with Crippen molar-refractivity contribution in [3.05, 3.63) is 100 Å². The summed E-state index contributed by atoms with van der Waals surface area (Å²) < 4.78 is 28.3. The molecule has 4 rings (SSSR count). The SMILES string of the molecule is O=c1ccc(-c2cc(F)cc(F)c2)nn1Cc1cccc(-c2ccc(O)cn2)c1. The van der Waals surface area contributed by atoms with E-state index < -0.39 is 11.6 Å². The fraction of sp³-hybridized carbons (Fsp3) is 0.0455. The second-order valence-corrected chi connectivity index (χ2v) is 6.47. The van der Waals surface area contributed by atoms with Crippen molar-refractivity contribution < 1.29 is 13.9 Å². The first-order valence-corrected chi connectivity index (χ1v) is 8.77. The van der Waals surface area contributed by atoms with Crippen LogP contribution in [0, 0.1) is 11.6 Å². The maximum atomic E-state index is 13.5. The van der Waals surface area contributed by atoms with E-state index in [0.29, 0.717) is 11.4 Å². The molecule has 4 aromatic rings. The van der Waals surface area contributed by atoms with Gasteiger partial charge in [0.05, 0.1) is 24.1 Å². The molecule has 0 aliphatic rings. The Morgan fingerprint density at radius 3 is 2.34 bits per heavy atom. The quantitative estimate of drug-likeness (QED) is 0.571. The summed E-state index contributed by atoms with van der Waals surface area (Å²) in [6.45, 7) is 0.177. The summed E-state index contributed by atoms with van der Waals surface area (Å²) in [6.07, 6.45) is 1.36. The topological polar surface area (TPSA) is 68.0 Å². The van der Waals surface area contributed by atoms with Crippen LogP contribution in [0.2, 0.25) is 0 Å². The van der Waals surface area contributed by atoms with E-state index in [1.807, 2.05) is 24.3 Å². The highest BCUT2D eigenvalue weighted by molar-refractivity contribution is 5.60. The Bertz CT molecular complexity index is 1220. The van der Waals surface area contributed by atoms with Gasteiger partial charge in [-0.15, -0.1) is 0 Å². The minimum absolute atomic E-state index is 0.0752. The zero-order valence-corrected chi connectivity index (χ0v) is 15.1. The zero-order chi connectivity index (χ0) is 20.4. The number of aromatic hydroxyl groups is 1. The molecule has 0 amide bonds. The number of rotatable bonds is 4. The monoisotopic (exact) mass is 391 g/mol. The van der Waals surface area contributed by atoms with Crippen LogP contribution in [-0.4, -0.2) is 19.9 Å². The van der Waals surface area contributed by atoms with Gasteiger partial charge >= 0.3 is 0 Å². The van der Waals surface area contributed by atoms with Gasteiger partial charge in [0, 0.05) is 23.3 Å². The molecule has 2 heterocycles. The van der Waals surface area contributed by atoms with Gasteiger partial charge in [-0.05, 0) is 42.0 Å². The van der Waals surface area contributed by atoms with E-state index in [0.717, 1.165) is 29.3 Å². The lowest BCUT2D eigenvalue weighted by Crippen LogP contribution is -2.22. The smallest absolute Gasteiger partial charge is 0.267 e. The van der Waals surface area contributed by atoms with Crippen molar-refractivity contribution in [2.24, 2.45) is 0 Å². The van der Waals surface area contributed by atoms with Crippen LogP contribution in [0.5, 0.6) is 5.75 Å². The number of pyridine rings is 1. The highest BCUT2D eigenvalue weighted by Gasteiger charge is 2.08. The molecule has 0 saturated heterocycles. The number of benzene rings is 2. The van der Waals surface area contributed by atoms with E-state index in [-0.39, 0.29) is 23.4 Å². The van der Waals surface area contributed by atoms with Gasteiger partial charge in [-0.2, -0.15) is 5.10 Å². The van der Waals surface area contributed by atoms with Crippen LogP contribution in [0.4, 0.5) is 8.78 Å². The maximum Gasteiger partial charge on any atom is 0.267 e. The summed E-state index contributed by atoms with van der Waals surface area (Å²) >= 11 is 0. The van der Waals surface area contributed by atoms with Crippen molar-refractivity contribution in [1.29, 1.82) is 0 Å². The lowest BCUT2D eigenvalue weighted by Gasteiger charge is -2.09. The first-order valence-electron chi connectivity index (χ1n) is 8.77. The number of hydrogen-bond donors (Lipinski definition) is 1. The molecule has 0 spiro atoms. The number of hydrogen-bond acceptors (Lipinski definition) is 4. The molecule has 2 aromatic carbocycles. The second-order valence-electron chi connectivity index (χ2n) is 6.47. The standard InChI is InChI=1S/C22H15F2N3O2/c23-17-9-16(10-18(24)11-17)21-6-7-22(29)27(26-21)13-14-2-1-3-15(8-14)20-5-4-19(28)12-25-20/h1-12,28H,13H2. The molecule has 5 nitrogen and oxygen atoms in total. The third kappa shape index (κ3) is 4.19. The van der Waals surface area contributed by atoms with E-state index in [9.17, 15) is 18.7 Å². The fourth-order valence-corrected chi connectivity index (χ4v) is 2.98.